The predicted octanol–water partition coefficient (Wildman–Crippen LogP) is 4.56. The molecule has 1 heterocycles. The van der Waals surface area contributed by atoms with Gasteiger partial charge in [0.25, 0.3) is 0 Å². The minimum Gasteiger partial charge on any atom is -0.493 e. The van der Waals surface area contributed by atoms with Crippen molar-refractivity contribution in [1.82, 2.24) is 10.9 Å². The Kier molecular flexibility index (Phi) is 5.90. The van der Waals surface area contributed by atoms with Crippen LogP contribution in [0.1, 0.15) is 41.6 Å². The Labute approximate surface area is 166 Å². The molecule has 1 saturated heterocycles. The van der Waals surface area contributed by atoms with E-state index in [1.54, 1.807) is 0 Å². The summed E-state index contributed by atoms with van der Waals surface area (Å²) in [6, 6.07) is 27.4. The predicted molar refractivity (Wildman–Crippen MR) is 114 cm³/mol. The van der Waals surface area contributed by atoms with E-state index in [0.29, 0.717) is 6.61 Å². The highest BCUT2D eigenvalue weighted by atomic mass is 16.5. The van der Waals surface area contributed by atoms with Crippen LogP contribution in [0, 0.1) is 0 Å². The van der Waals surface area contributed by atoms with E-state index in [1.807, 2.05) is 18.2 Å². The maximum atomic E-state index is 6.14. The summed E-state index contributed by atoms with van der Waals surface area (Å²) in [7, 11) is 0. The molecule has 3 aromatic carbocycles. The average molecular weight is 373 g/mol. The fourth-order valence-electron chi connectivity index (χ4n) is 3.71. The molecule has 4 nitrogen and oxygen atoms in total. The average Bonchev–Trinajstić information content (AvgIpc) is 3.23. The van der Waals surface area contributed by atoms with Crippen molar-refractivity contribution in [3.8, 4) is 5.75 Å². The molecule has 1 fully saturated rings. The molecule has 4 N–H and O–H groups in total. The van der Waals surface area contributed by atoms with Crippen LogP contribution in [0.5, 0.6) is 5.75 Å². The zero-order valence-corrected chi connectivity index (χ0v) is 16.0. The summed E-state index contributed by atoms with van der Waals surface area (Å²) in [6.45, 7) is 0.716. The third-order valence-corrected chi connectivity index (χ3v) is 5.25. The molecule has 0 saturated carbocycles. The van der Waals surface area contributed by atoms with Crippen molar-refractivity contribution in [2.24, 2.45) is 0 Å². The molecule has 2 unspecified atom stereocenters. The van der Waals surface area contributed by atoms with Gasteiger partial charge in [-0.2, -0.15) is 0 Å². The van der Waals surface area contributed by atoms with E-state index in [1.165, 1.54) is 16.7 Å². The van der Waals surface area contributed by atoms with Gasteiger partial charge in [0.05, 0.1) is 12.6 Å². The van der Waals surface area contributed by atoms with E-state index in [4.69, 9.17) is 10.5 Å². The molecule has 2 atom stereocenters. The second-order valence-electron chi connectivity index (χ2n) is 7.27. The maximum absolute atomic E-state index is 6.14. The number of ether oxygens (including phenoxy) is 1. The lowest BCUT2D eigenvalue weighted by Gasteiger charge is -2.16. The Morgan fingerprint density at radius 1 is 0.821 bits per heavy atom. The molecule has 1 aliphatic heterocycles. The summed E-state index contributed by atoms with van der Waals surface area (Å²) in [5.74, 6) is 0.966. The molecule has 0 radical (unpaired) electrons. The lowest BCUT2D eigenvalue weighted by Crippen LogP contribution is -2.26. The number of rotatable bonds is 7. The van der Waals surface area contributed by atoms with Crippen molar-refractivity contribution in [2.45, 2.75) is 31.3 Å². The number of aryl methyl sites for hydroxylation is 1. The first kappa shape index (κ1) is 18.5. The van der Waals surface area contributed by atoms with Gasteiger partial charge in [-0.05, 0) is 48.6 Å². The largest absolute Gasteiger partial charge is 0.493 e. The Morgan fingerprint density at radius 2 is 1.54 bits per heavy atom. The highest BCUT2D eigenvalue weighted by Gasteiger charge is 2.27. The number of nitrogen functional groups attached to an aromatic ring is 1. The van der Waals surface area contributed by atoms with Crippen LogP contribution in [-0.2, 0) is 6.42 Å². The third kappa shape index (κ3) is 4.53. The molecular weight excluding hydrogens is 346 g/mol. The highest BCUT2D eigenvalue weighted by Crippen LogP contribution is 2.35. The number of nitrogens with two attached hydrogens (primary N) is 1. The first-order chi connectivity index (χ1) is 13.8. The quantitative estimate of drug-likeness (QED) is 0.420. The Balaban J connectivity index is 1.35. The molecule has 0 bridgehead atoms. The highest BCUT2D eigenvalue weighted by molar-refractivity contribution is 5.41. The Morgan fingerprint density at radius 3 is 2.36 bits per heavy atom. The molecule has 0 aliphatic carbocycles. The van der Waals surface area contributed by atoms with Crippen LogP contribution in [0.25, 0.3) is 0 Å². The van der Waals surface area contributed by atoms with Gasteiger partial charge in [0, 0.05) is 17.3 Å². The van der Waals surface area contributed by atoms with Gasteiger partial charge in [-0.15, -0.1) is 0 Å². The van der Waals surface area contributed by atoms with E-state index in [0.717, 1.165) is 30.7 Å². The number of para-hydroxylation sites is 1. The molecule has 28 heavy (non-hydrogen) atoms. The number of hydrazine groups is 1. The summed E-state index contributed by atoms with van der Waals surface area (Å²) >= 11 is 0. The zero-order valence-electron chi connectivity index (χ0n) is 16.0. The normalized spacial score (nSPS) is 18.9. The number of anilines is 1. The zero-order chi connectivity index (χ0) is 19.2. The van der Waals surface area contributed by atoms with Crippen LogP contribution in [0.15, 0.2) is 78.9 Å². The lowest BCUT2D eigenvalue weighted by atomic mass is 9.97. The van der Waals surface area contributed by atoms with Crippen LogP contribution < -0.4 is 21.3 Å². The molecule has 0 amide bonds. The second-order valence-corrected chi connectivity index (χ2v) is 7.27. The number of hydrogen-bond donors (Lipinski definition) is 3. The number of hydrogen-bond acceptors (Lipinski definition) is 4. The molecule has 0 aromatic heterocycles. The van der Waals surface area contributed by atoms with Gasteiger partial charge in [0.15, 0.2) is 0 Å². The maximum Gasteiger partial charge on any atom is 0.124 e. The van der Waals surface area contributed by atoms with Gasteiger partial charge >= 0.3 is 0 Å². The van der Waals surface area contributed by atoms with Crippen molar-refractivity contribution in [2.75, 3.05) is 12.3 Å². The summed E-state index contributed by atoms with van der Waals surface area (Å²) in [5, 5.41) is 0. The fraction of sp³-hybridized carbons (Fsp3) is 0.250. The van der Waals surface area contributed by atoms with Crippen molar-refractivity contribution in [1.29, 1.82) is 0 Å². The van der Waals surface area contributed by atoms with E-state index >= 15 is 0 Å². The summed E-state index contributed by atoms with van der Waals surface area (Å²) < 4.78 is 6.14. The Hall–Kier alpha value is -2.82. The summed E-state index contributed by atoms with van der Waals surface area (Å²) in [6.07, 6.45) is 3.00. The van der Waals surface area contributed by atoms with Gasteiger partial charge in [-0.25, -0.2) is 10.9 Å². The van der Waals surface area contributed by atoms with E-state index in [-0.39, 0.29) is 12.1 Å². The van der Waals surface area contributed by atoms with Crippen molar-refractivity contribution in [3.63, 3.8) is 0 Å². The molecular formula is C24H27N3O. The van der Waals surface area contributed by atoms with Crippen LogP contribution in [-0.4, -0.2) is 6.61 Å². The topological polar surface area (TPSA) is 59.3 Å². The second kappa shape index (κ2) is 8.91. The van der Waals surface area contributed by atoms with Gasteiger partial charge in [0.1, 0.15) is 5.75 Å². The third-order valence-electron chi connectivity index (χ3n) is 5.25. The standard InChI is InChI=1S/C24H27N3O/c25-20-14-12-19(13-15-20)22-17-23(27-26-22)21-10-4-5-11-24(21)28-16-6-9-18-7-2-1-3-8-18/h1-5,7-8,10-15,22-23,26-27H,6,9,16-17,25H2. The minimum atomic E-state index is 0.216. The van der Waals surface area contributed by atoms with E-state index < -0.39 is 0 Å². The first-order valence-corrected chi connectivity index (χ1v) is 9.92. The summed E-state index contributed by atoms with van der Waals surface area (Å²) in [4.78, 5) is 0. The van der Waals surface area contributed by atoms with Crippen LogP contribution in [0.2, 0.25) is 0 Å². The van der Waals surface area contributed by atoms with Gasteiger partial charge < -0.3 is 10.5 Å². The first-order valence-electron chi connectivity index (χ1n) is 9.92. The van der Waals surface area contributed by atoms with E-state index in [2.05, 4.69) is 71.5 Å². The monoisotopic (exact) mass is 373 g/mol. The van der Waals surface area contributed by atoms with Gasteiger partial charge in [-0.3, -0.25) is 0 Å². The SMILES string of the molecule is Nc1ccc(C2CC(c3ccccc3OCCCc3ccccc3)NN2)cc1. The smallest absolute Gasteiger partial charge is 0.124 e. The lowest BCUT2D eigenvalue weighted by molar-refractivity contribution is 0.304. The number of nitrogens with one attached hydrogen (secondary N) is 2. The van der Waals surface area contributed by atoms with Gasteiger partial charge in [-0.1, -0.05) is 60.7 Å². The van der Waals surface area contributed by atoms with Crippen molar-refractivity contribution < 1.29 is 4.74 Å². The van der Waals surface area contributed by atoms with Crippen LogP contribution >= 0.6 is 0 Å². The van der Waals surface area contributed by atoms with Crippen molar-refractivity contribution >= 4 is 5.69 Å². The molecule has 4 rings (SSSR count). The number of benzene rings is 3. The minimum absolute atomic E-state index is 0.216. The molecule has 0 spiro atoms. The van der Waals surface area contributed by atoms with Crippen LogP contribution in [0.3, 0.4) is 0 Å². The van der Waals surface area contributed by atoms with Gasteiger partial charge in [0.2, 0.25) is 0 Å². The summed E-state index contributed by atoms with van der Waals surface area (Å²) in [5.41, 5.74) is 17.2. The van der Waals surface area contributed by atoms with E-state index in [9.17, 15) is 0 Å². The molecule has 144 valence electrons. The Bertz CT molecular complexity index is 880. The van der Waals surface area contributed by atoms with Crippen molar-refractivity contribution in [3.05, 3.63) is 95.6 Å². The molecule has 3 aromatic rings. The van der Waals surface area contributed by atoms with Crippen LogP contribution in [0.4, 0.5) is 5.69 Å². The molecule has 4 heteroatoms. The molecule has 1 aliphatic rings. The fourth-order valence-corrected chi connectivity index (χ4v) is 3.71.